The predicted octanol–water partition coefficient (Wildman–Crippen LogP) is 4.02. The zero-order valence-electron chi connectivity index (χ0n) is 16.5. The lowest BCUT2D eigenvalue weighted by molar-refractivity contribution is -0.117. The van der Waals surface area contributed by atoms with Gasteiger partial charge in [0.25, 0.3) is 0 Å². The van der Waals surface area contributed by atoms with Gasteiger partial charge in [0.2, 0.25) is 15.7 Å². The molecule has 0 aliphatic rings. The Morgan fingerprint density at radius 1 is 1.03 bits per heavy atom. The number of ether oxygens (including phenoxy) is 1. The molecule has 0 fully saturated rings. The van der Waals surface area contributed by atoms with Gasteiger partial charge in [0.15, 0.2) is 0 Å². The number of rotatable bonds is 5. The predicted molar refractivity (Wildman–Crippen MR) is 111 cm³/mol. The van der Waals surface area contributed by atoms with Gasteiger partial charge >= 0.3 is 6.09 Å². The monoisotopic (exact) mass is 438 g/mol. The zero-order chi connectivity index (χ0) is 21.8. The van der Waals surface area contributed by atoms with Gasteiger partial charge in [-0.3, -0.25) is 4.79 Å². The molecule has 2 rings (SSSR count). The summed E-state index contributed by atoms with van der Waals surface area (Å²) in [6.45, 7) is 6.62. The van der Waals surface area contributed by atoms with Crippen molar-refractivity contribution in [2.24, 2.45) is 0 Å². The van der Waals surface area contributed by atoms with Crippen LogP contribution < -0.4 is 10.6 Å². The number of hydrogen-bond acceptors (Lipinski definition) is 5. The standard InChI is InChI=1S/C20H23ClN2O5S/c1-13(22-19(25)28-20(2,3)4)18(24)23-17-11-10-15(12-16(17)21)29(26,27)14-8-6-5-7-9-14/h5-13H,1-4H3,(H,22,25)(H,23,24). The van der Waals surface area contributed by atoms with Crippen molar-refractivity contribution >= 4 is 39.1 Å². The van der Waals surface area contributed by atoms with Crippen LogP contribution in [0.1, 0.15) is 27.7 Å². The normalized spacial score (nSPS) is 12.7. The quantitative estimate of drug-likeness (QED) is 0.733. The van der Waals surface area contributed by atoms with Crippen molar-refractivity contribution in [3.8, 4) is 0 Å². The first-order valence-electron chi connectivity index (χ1n) is 8.80. The molecule has 0 saturated carbocycles. The third-order valence-electron chi connectivity index (χ3n) is 3.69. The summed E-state index contributed by atoms with van der Waals surface area (Å²) in [4.78, 5) is 24.2. The molecule has 0 radical (unpaired) electrons. The van der Waals surface area contributed by atoms with Gasteiger partial charge in [-0.25, -0.2) is 13.2 Å². The highest BCUT2D eigenvalue weighted by molar-refractivity contribution is 7.91. The summed E-state index contributed by atoms with van der Waals surface area (Å²) < 4.78 is 30.4. The van der Waals surface area contributed by atoms with Gasteiger partial charge in [0, 0.05) is 0 Å². The summed E-state index contributed by atoms with van der Waals surface area (Å²) in [5.74, 6) is -0.531. The topological polar surface area (TPSA) is 102 Å². The highest BCUT2D eigenvalue weighted by Crippen LogP contribution is 2.28. The van der Waals surface area contributed by atoms with Crippen molar-refractivity contribution in [3.05, 3.63) is 53.6 Å². The van der Waals surface area contributed by atoms with Gasteiger partial charge in [0.05, 0.1) is 20.5 Å². The van der Waals surface area contributed by atoms with Crippen molar-refractivity contribution in [2.75, 3.05) is 5.32 Å². The summed E-state index contributed by atoms with van der Waals surface area (Å²) in [5.41, 5.74) is -0.467. The molecule has 0 spiro atoms. The SMILES string of the molecule is CC(NC(=O)OC(C)(C)C)C(=O)Nc1ccc(S(=O)(=O)c2ccccc2)cc1Cl. The van der Waals surface area contributed by atoms with Crippen LogP contribution in [0, 0.1) is 0 Å². The number of carbonyl (C=O) groups excluding carboxylic acids is 2. The summed E-state index contributed by atoms with van der Waals surface area (Å²) in [5, 5.41) is 5.04. The first-order chi connectivity index (χ1) is 13.4. The average molecular weight is 439 g/mol. The molecular weight excluding hydrogens is 416 g/mol. The second kappa shape index (κ2) is 8.84. The Labute approximate surface area is 175 Å². The number of alkyl carbamates (subject to hydrolysis) is 1. The number of carbonyl (C=O) groups is 2. The van der Waals surface area contributed by atoms with Crippen LogP contribution in [0.2, 0.25) is 5.02 Å². The minimum atomic E-state index is -3.73. The third kappa shape index (κ3) is 6.20. The molecular formula is C20H23ClN2O5S. The van der Waals surface area contributed by atoms with E-state index in [1.807, 2.05) is 0 Å². The number of benzene rings is 2. The molecule has 0 saturated heterocycles. The molecule has 2 amide bonds. The van der Waals surface area contributed by atoms with Crippen molar-refractivity contribution in [1.29, 1.82) is 0 Å². The average Bonchev–Trinajstić information content (AvgIpc) is 2.62. The Bertz CT molecular complexity index is 1000. The number of nitrogens with one attached hydrogen (secondary N) is 2. The van der Waals surface area contributed by atoms with Crippen molar-refractivity contribution in [1.82, 2.24) is 5.32 Å². The molecule has 1 atom stereocenters. The summed E-state index contributed by atoms with van der Waals surface area (Å²) >= 11 is 6.17. The van der Waals surface area contributed by atoms with Crippen LogP contribution in [-0.2, 0) is 19.4 Å². The van der Waals surface area contributed by atoms with E-state index in [1.165, 1.54) is 37.3 Å². The second-order valence-electron chi connectivity index (χ2n) is 7.32. The van der Waals surface area contributed by atoms with E-state index in [4.69, 9.17) is 16.3 Å². The number of sulfone groups is 1. The van der Waals surface area contributed by atoms with Crippen LogP contribution in [0.5, 0.6) is 0 Å². The molecule has 7 nitrogen and oxygen atoms in total. The molecule has 2 aromatic rings. The number of amides is 2. The first-order valence-corrected chi connectivity index (χ1v) is 10.7. The number of halogens is 1. The molecule has 9 heteroatoms. The van der Waals surface area contributed by atoms with Crippen molar-refractivity contribution < 1.29 is 22.7 Å². The number of hydrogen-bond donors (Lipinski definition) is 2. The lowest BCUT2D eigenvalue weighted by Gasteiger charge is -2.21. The molecule has 0 heterocycles. The molecule has 2 N–H and O–H groups in total. The van der Waals surface area contributed by atoms with Crippen LogP contribution in [0.25, 0.3) is 0 Å². The van der Waals surface area contributed by atoms with Crippen LogP contribution in [0.3, 0.4) is 0 Å². The maximum absolute atomic E-state index is 12.7. The van der Waals surface area contributed by atoms with Crippen LogP contribution in [0.15, 0.2) is 58.3 Å². The summed E-state index contributed by atoms with van der Waals surface area (Å²) in [6, 6.07) is 11.1. The Balaban J connectivity index is 2.11. The van der Waals surface area contributed by atoms with Gasteiger partial charge in [-0.15, -0.1) is 0 Å². The minimum absolute atomic E-state index is 0.00614. The highest BCUT2D eigenvalue weighted by atomic mass is 35.5. The molecule has 0 bridgehead atoms. The fourth-order valence-corrected chi connectivity index (χ4v) is 3.89. The second-order valence-corrected chi connectivity index (χ2v) is 9.67. The Morgan fingerprint density at radius 2 is 1.66 bits per heavy atom. The fourth-order valence-electron chi connectivity index (χ4n) is 2.29. The smallest absolute Gasteiger partial charge is 0.408 e. The summed E-state index contributed by atoms with van der Waals surface area (Å²) in [7, 11) is -3.73. The van der Waals surface area contributed by atoms with Crippen LogP contribution in [-0.4, -0.2) is 32.1 Å². The van der Waals surface area contributed by atoms with E-state index < -0.39 is 33.5 Å². The van der Waals surface area contributed by atoms with E-state index in [1.54, 1.807) is 39.0 Å². The van der Waals surface area contributed by atoms with E-state index in [0.29, 0.717) is 0 Å². The third-order valence-corrected chi connectivity index (χ3v) is 5.77. The van der Waals surface area contributed by atoms with Gasteiger partial charge in [-0.2, -0.15) is 0 Å². The lowest BCUT2D eigenvalue weighted by atomic mass is 10.2. The molecule has 1 unspecified atom stereocenters. The first kappa shape index (κ1) is 22.7. The molecule has 0 aliphatic carbocycles. The summed E-state index contributed by atoms with van der Waals surface area (Å²) in [6.07, 6.45) is -0.726. The molecule has 0 aliphatic heterocycles. The van der Waals surface area contributed by atoms with E-state index in [0.717, 1.165) is 0 Å². The molecule has 29 heavy (non-hydrogen) atoms. The van der Waals surface area contributed by atoms with Gasteiger partial charge in [0.1, 0.15) is 11.6 Å². The zero-order valence-corrected chi connectivity index (χ0v) is 18.1. The largest absolute Gasteiger partial charge is 0.444 e. The van der Waals surface area contributed by atoms with Gasteiger partial charge in [-0.05, 0) is 58.0 Å². The molecule has 156 valence electrons. The maximum Gasteiger partial charge on any atom is 0.408 e. The van der Waals surface area contributed by atoms with Crippen LogP contribution >= 0.6 is 11.6 Å². The van der Waals surface area contributed by atoms with Gasteiger partial charge < -0.3 is 15.4 Å². The van der Waals surface area contributed by atoms with Gasteiger partial charge in [-0.1, -0.05) is 29.8 Å². The Hall–Kier alpha value is -2.58. The minimum Gasteiger partial charge on any atom is -0.444 e. The van der Waals surface area contributed by atoms with E-state index in [9.17, 15) is 18.0 Å². The van der Waals surface area contributed by atoms with E-state index in [2.05, 4.69) is 10.6 Å². The van der Waals surface area contributed by atoms with Crippen molar-refractivity contribution in [3.63, 3.8) is 0 Å². The fraction of sp³-hybridized carbons (Fsp3) is 0.300. The highest BCUT2D eigenvalue weighted by Gasteiger charge is 2.23. The van der Waals surface area contributed by atoms with E-state index >= 15 is 0 Å². The van der Waals surface area contributed by atoms with E-state index in [-0.39, 0.29) is 20.5 Å². The molecule has 2 aromatic carbocycles. The number of anilines is 1. The lowest BCUT2D eigenvalue weighted by Crippen LogP contribution is -2.44. The maximum atomic E-state index is 12.7. The van der Waals surface area contributed by atoms with Crippen LogP contribution in [0.4, 0.5) is 10.5 Å². The van der Waals surface area contributed by atoms with Crippen molar-refractivity contribution in [2.45, 2.75) is 49.1 Å². The Kier molecular flexibility index (Phi) is 6.92. The Morgan fingerprint density at radius 3 is 2.21 bits per heavy atom. The molecule has 0 aromatic heterocycles.